The van der Waals surface area contributed by atoms with Gasteiger partial charge in [-0.05, 0) is 86.0 Å². The Labute approximate surface area is 265 Å². The van der Waals surface area contributed by atoms with Crippen LogP contribution in [-0.4, -0.2) is 55.1 Å². The van der Waals surface area contributed by atoms with Crippen molar-refractivity contribution in [2.45, 2.75) is 59.0 Å². The van der Waals surface area contributed by atoms with Gasteiger partial charge in [-0.2, -0.15) is 14.9 Å². The Morgan fingerprint density at radius 1 is 1.17 bits per heavy atom. The summed E-state index contributed by atoms with van der Waals surface area (Å²) in [7, 11) is 1.95. The van der Waals surface area contributed by atoms with E-state index < -0.39 is 23.5 Å². The number of benzene rings is 1. The summed E-state index contributed by atoms with van der Waals surface area (Å²) in [5.74, 6) is 0.695. The van der Waals surface area contributed by atoms with Crippen LogP contribution in [0.25, 0.3) is 27.8 Å². The smallest absolute Gasteiger partial charge is 0.288 e. The highest BCUT2D eigenvalue weighted by atomic mass is 19.1. The third-order valence-electron chi connectivity index (χ3n) is 8.97. The standard InChI is InChI=1S/C34H39FN8O3/c1-19-29(40-41-32(45)30(19)39-27-7-6-21(17-42(27)5)20-8-11-36-12-9-20)24-10-13-37-31(25(24)18-44)43-33(46)28-22(16-38-43)14-23(15-26(28)35)34(2,3)4/h7,10,13-17,20,36,44H,6,8-9,11-12,18H2,1-5H3,(H,39,40)(H,41,45). The highest BCUT2D eigenvalue weighted by molar-refractivity contribution is 5.83. The first-order valence-electron chi connectivity index (χ1n) is 15.5. The molecular formula is C34H39FN8O3. The first-order chi connectivity index (χ1) is 22.0. The summed E-state index contributed by atoms with van der Waals surface area (Å²) in [4.78, 5) is 33.0. The van der Waals surface area contributed by atoms with Crippen LogP contribution in [-0.2, 0) is 12.0 Å². The van der Waals surface area contributed by atoms with E-state index in [-0.39, 0.29) is 22.2 Å². The number of rotatable bonds is 6. The molecule has 0 unspecified atom stereocenters. The van der Waals surface area contributed by atoms with E-state index in [9.17, 15) is 14.7 Å². The molecule has 1 aromatic carbocycles. The first kappa shape index (κ1) is 31.3. The average Bonchev–Trinajstić information content (AvgIpc) is 3.03. The summed E-state index contributed by atoms with van der Waals surface area (Å²) in [6, 6.07) is 4.78. The number of hydrogen-bond donors (Lipinski definition) is 4. The van der Waals surface area contributed by atoms with E-state index in [1.54, 1.807) is 19.1 Å². The van der Waals surface area contributed by atoms with E-state index in [1.807, 2.05) is 32.7 Å². The molecule has 0 aliphatic carbocycles. The molecule has 12 heteroatoms. The van der Waals surface area contributed by atoms with Crippen LogP contribution >= 0.6 is 0 Å². The van der Waals surface area contributed by atoms with E-state index in [4.69, 9.17) is 0 Å². The number of aromatic amines is 1. The number of hydrogen-bond acceptors (Lipinski definition) is 9. The monoisotopic (exact) mass is 626 g/mol. The van der Waals surface area contributed by atoms with Gasteiger partial charge >= 0.3 is 0 Å². The number of aromatic nitrogens is 5. The van der Waals surface area contributed by atoms with E-state index >= 15 is 4.39 Å². The Bertz CT molecular complexity index is 2000. The molecule has 11 nitrogen and oxygen atoms in total. The summed E-state index contributed by atoms with van der Waals surface area (Å²) in [6.07, 6.45) is 10.1. The lowest BCUT2D eigenvalue weighted by molar-refractivity contribution is 0.281. The van der Waals surface area contributed by atoms with Gasteiger partial charge in [-0.1, -0.05) is 20.8 Å². The van der Waals surface area contributed by atoms with Crippen LogP contribution in [0.15, 0.2) is 63.9 Å². The molecule has 4 aromatic rings. The van der Waals surface area contributed by atoms with Gasteiger partial charge in [0.2, 0.25) is 0 Å². The van der Waals surface area contributed by atoms with Crippen molar-refractivity contribution in [1.82, 2.24) is 35.2 Å². The molecule has 1 fully saturated rings. The van der Waals surface area contributed by atoms with Crippen molar-refractivity contribution in [3.05, 3.63) is 97.5 Å². The van der Waals surface area contributed by atoms with Crippen molar-refractivity contribution >= 4 is 16.5 Å². The largest absolute Gasteiger partial charge is 0.392 e. The van der Waals surface area contributed by atoms with Gasteiger partial charge in [0.1, 0.15) is 17.3 Å². The molecule has 0 bridgehead atoms. The van der Waals surface area contributed by atoms with Crippen LogP contribution in [0.4, 0.5) is 10.1 Å². The third kappa shape index (κ3) is 5.74. The van der Waals surface area contributed by atoms with Crippen molar-refractivity contribution in [3.63, 3.8) is 0 Å². The average molecular weight is 627 g/mol. The highest BCUT2D eigenvalue weighted by Gasteiger charge is 2.24. The van der Waals surface area contributed by atoms with Crippen LogP contribution in [0.5, 0.6) is 0 Å². The van der Waals surface area contributed by atoms with Crippen LogP contribution in [0.1, 0.15) is 56.7 Å². The van der Waals surface area contributed by atoms with E-state index in [2.05, 4.69) is 43.2 Å². The van der Waals surface area contributed by atoms with Crippen LogP contribution in [0.3, 0.4) is 0 Å². The maximum absolute atomic E-state index is 15.4. The molecule has 2 aliphatic rings. The molecule has 46 heavy (non-hydrogen) atoms. The van der Waals surface area contributed by atoms with Crippen LogP contribution in [0, 0.1) is 18.7 Å². The van der Waals surface area contributed by atoms with Gasteiger partial charge in [-0.15, -0.1) is 0 Å². The molecule has 0 spiro atoms. The summed E-state index contributed by atoms with van der Waals surface area (Å²) >= 11 is 0. The summed E-state index contributed by atoms with van der Waals surface area (Å²) in [6.45, 7) is 9.18. The quantitative estimate of drug-likeness (QED) is 0.247. The number of H-pyrrole nitrogens is 1. The predicted octanol–water partition coefficient (Wildman–Crippen LogP) is 4.24. The number of piperidine rings is 1. The summed E-state index contributed by atoms with van der Waals surface area (Å²) in [5, 5.41) is 28.7. The molecule has 240 valence electrons. The second-order valence-electron chi connectivity index (χ2n) is 13.0. The second kappa shape index (κ2) is 12.3. The topological polar surface area (TPSA) is 141 Å². The summed E-state index contributed by atoms with van der Waals surface area (Å²) in [5.41, 5.74) is 2.61. The first-order valence-corrected chi connectivity index (χ1v) is 15.5. The minimum atomic E-state index is -0.701. The summed E-state index contributed by atoms with van der Waals surface area (Å²) < 4.78 is 16.3. The normalized spacial score (nSPS) is 16.0. The number of nitrogens with one attached hydrogen (secondary N) is 3. The molecule has 4 N–H and O–H groups in total. The lowest BCUT2D eigenvalue weighted by Crippen LogP contribution is -2.31. The number of aliphatic hydroxyl groups is 1. The molecule has 1 saturated heterocycles. The zero-order chi connectivity index (χ0) is 32.7. The lowest BCUT2D eigenvalue weighted by atomic mass is 9.86. The fourth-order valence-corrected chi connectivity index (χ4v) is 6.27. The molecule has 3 aromatic heterocycles. The van der Waals surface area contributed by atoms with Gasteiger partial charge in [0, 0.05) is 41.5 Å². The molecule has 5 heterocycles. The molecule has 6 rings (SSSR count). The number of halogens is 1. The van der Waals surface area contributed by atoms with Crippen LogP contribution < -0.4 is 21.8 Å². The Morgan fingerprint density at radius 3 is 2.63 bits per heavy atom. The van der Waals surface area contributed by atoms with E-state index in [1.165, 1.54) is 24.0 Å². The zero-order valence-electron chi connectivity index (χ0n) is 26.7. The molecule has 2 aliphatic heterocycles. The maximum atomic E-state index is 15.4. The highest BCUT2D eigenvalue weighted by Crippen LogP contribution is 2.33. The maximum Gasteiger partial charge on any atom is 0.288 e. The Hall–Kier alpha value is -4.68. The fraction of sp³-hybridized carbons (Fsp3) is 0.382. The number of anilines is 1. The lowest BCUT2D eigenvalue weighted by Gasteiger charge is -2.31. The van der Waals surface area contributed by atoms with Gasteiger partial charge < -0.3 is 20.6 Å². The SMILES string of the molecule is Cc1c(-c2ccnc(-n3ncc4cc(C(C)(C)C)cc(F)c4c3=O)c2CO)n[nH]c(=O)c1NC1=CCC(C2CCNCC2)=CN1C. The molecule has 0 atom stereocenters. The zero-order valence-corrected chi connectivity index (χ0v) is 26.7. The number of aliphatic hydroxyl groups excluding tert-OH is 1. The van der Waals surface area contributed by atoms with Gasteiger partial charge in [-0.3, -0.25) is 9.59 Å². The van der Waals surface area contributed by atoms with E-state index in [0.717, 1.165) is 48.4 Å². The second-order valence-corrected chi connectivity index (χ2v) is 13.0. The number of fused-ring (bicyclic) bond motifs is 1. The van der Waals surface area contributed by atoms with Crippen molar-refractivity contribution in [2.24, 2.45) is 5.92 Å². The Balaban J connectivity index is 1.37. The third-order valence-corrected chi connectivity index (χ3v) is 8.97. The number of pyridine rings is 1. The van der Waals surface area contributed by atoms with Gasteiger partial charge in [-0.25, -0.2) is 14.5 Å². The van der Waals surface area contributed by atoms with Crippen LogP contribution in [0.2, 0.25) is 0 Å². The molecular weight excluding hydrogens is 587 g/mol. The molecule has 0 radical (unpaired) electrons. The molecule has 0 amide bonds. The van der Waals surface area contributed by atoms with Gasteiger partial charge in [0.25, 0.3) is 11.1 Å². The minimum Gasteiger partial charge on any atom is -0.392 e. The van der Waals surface area contributed by atoms with Crippen molar-refractivity contribution < 1.29 is 9.50 Å². The van der Waals surface area contributed by atoms with E-state index in [0.29, 0.717) is 33.8 Å². The fourth-order valence-electron chi connectivity index (χ4n) is 6.27. The van der Waals surface area contributed by atoms with Gasteiger partial charge in [0.15, 0.2) is 5.82 Å². The Kier molecular flexibility index (Phi) is 8.34. The minimum absolute atomic E-state index is 0.0402. The van der Waals surface area contributed by atoms with Crippen molar-refractivity contribution in [1.29, 1.82) is 0 Å². The van der Waals surface area contributed by atoms with Crippen molar-refractivity contribution in [2.75, 3.05) is 25.5 Å². The van der Waals surface area contributed by atoms with Gasteiger partial charge in [0.05, 0.1) is 23.9 Å². The number of allylic oxidation sites excluding steroid dienone is 2. The Morgan fingerprint density at radius 2 is 1.93 bits per heavy atom. The molecule has 0 saturated carbocycles. The number of nitrogens with zero attached hydrogens (tertiary/aromatic N) is 5. The van der Waals surface area contributed by atoms with Crippen molar-refractivity contribution in [3.8, 4) is 17.1 Å². The predicted molar refractivity (Wildman–Crippen MR) is 176 cm³/mol.